The summed E-state index contributed by atoms with van der Waals surface area (Å²) in [5, 5.41) is 7.79. The molecule has 4 aromatic rings. The third-order valence-corrected chi connectivity index (χ3v) is 5.82. The van der Waals surface area contributed by atoms with Crippen molar-refractivity contribution in [3.05, 3.63) is 82.9 Å². The second kappa shape index (κ2) is 8.18. The Hall–Kier alpha value is -3.74. The summed E-state index contributed by atoms with van der Waals surface area (Å²) in [6.07, 6.45) is 5.92. The van der Waals surface area contributed by atoms with Crippen LogP contribution in [0.25, 0.3) is 16.7 Å². The van der Waals surface area contributed by atoms with Crippen molar-refractivity contribution in [2.24, 2.45) is 0 Å². The van der Waals surface area contributed by atoms with Gasteiger partial charge in [0.2, 0.25) is 5.91 Å². The predicted octanol–water partition coefficient (Wildman–Crippen LogP) is 3.88. The lowest BCUT2D eigenvalue weighted by atomic mass is 10.0. The van der Waals surface area contributed by atoms with Gasteiger partial charge in [0.05, 0.1) is 28.6 Å². The van der Waals surface area contributed by atoms with Crippen LogP contribution in [0.1, 0.15) is 37.3 Å². The molecule has 1 saturated carbocycles. The summed E-state index contributed by atoms with van der Waals surface area (Å²) >= 11 is 0. The summed E-state index contributed by atoms with van der Waals surface area (Å²) in [6.45, 7) is -0.0966. The molecule has 2 heterocycles. The molecule has 1 N–H and O–H groups in total. The van der Waals surface area contributed by atoms with E-state index in [1.165, 1.54) is 23.6 Å². The molecule has 1 amide bonds. The average Bonchev–Trinajstić information content (AvgIpc) is 3.47. The van der Waals surface area contributed by atoms with E-state index in [0.717, 1.165) is 24.2 Å². The maximum Gasteiger partial charge on any atom is 0.269 e. The molecular formula is C24H23N5O2. The van der Waals surface area contributed by atoms with Crippen LogP contribution < -0.4 is 10.9 Å². The van der Waals surface area contributed by atoms with Gasteiger partial charge >= 0.3 is 0 Å². The number of para-hydroxylation sites is 3. The van der Waals surface area contributed by atoms with Crippen molar-refractivity contribution in [1.82, 2.24) is 19.3 Å². The van der Waals surface area contributed by atoms with E-state index < -0.39 is 0 Å². The van der Waals surface area contributed by atoms with Crippen molar-refractivity contribution in [3.8, 4) is 5.69 Å². The third kappa shape index (κ3) is 3.86. The second-order valence-electron chi connectivity index (χ2n) is 7.90. The summed E-state index contributed by atoms with van der Waals surface area (Å²) in [4.78, 5) is 29.5. The van der Waals surface area contributed by atoms with Gasteiger partial charge in [-0.05, 0) is 37.1 Å². The second-order valence-corrected chi connectivity index (χ2v) is 7.90. The lowest BCUT2D eigenvalue weighted by Crippen LogP contribution is -2.28. The molecule has 31 heavy (non-hydrogen) atoms. The lowest BCUT2D eigenvalue weighted by Gasteiger charge is -2.11. The maximum atomic E-state index is 13.0. The molecule has 1 fully saturated rings. The molecule has 7 heteroatoms. The number of benzene rings is 2. The van der Waals surface area contributed by atoms with E-state index in [-0.39, 0.29) is 18.0 Å². The first kappa shape index (κ1) is 19.2. The predicted molar refractivity (Wildman–Crippen MR) is 119 cm³/mol. The average molecular weight is 413 g/mol. The number of aromatic nitrogens is 4. The molecule has 0 aliphatic heterocycles. The molecule has 2 aromatic heterocycles. The van der Waals surface area contributed by atoms with Crippen LogP contribution in [0, 0.1) is 0 Å². The van der Waals surface area contributed by atoms with E-state index in [2.05, 4.69) is 10.3 Å². The van der Waals surface area contributed by atoms with Crippen LogP contribution >= 0.6 is 0 Å². The zero-order valence-electron chi connectivity index (χ0n) is 17.1. The van der Waals surface area contributed by atoms with E-state index in [1.807, 2.05) is 54.6 Å². The molecule has 0 bridgehead atoms. The van der Waals surface area contributed by atoms with Crippen molar-refractivity contribution in [3.63, 3.8) is 0 Å². The highest BCUT2D eigenvalue weighted by atomic mass is 16.2. The molecular weight excluding hydrogens is 390 g/mol. The Morgan fingerprint density at radius 3 is 2.58 bits per heavy atom. The van der Waals surface area contributed by atoms with Gasteiger partial charge in [-0.15, -0.1) is 0 Å². The number of anilines is 1. The highest BCUT2D eigenvalue weighted by Gasteiger charge is 2.22. The van der Waals surface area contributed by atoms with Crippen molar-refractivity contribution < 1.29 is 4.79 Å². The molecule has 1 aliphatic rings. The van der Waals surface area contributed by atoms with Crippen LogP contribution in [0.15, 0.2) is 71.7 Å². The Bertz CT molecular complexity index is 1290. The van der Waals surface area contributed by atoms with E-state index in [4.69, 9.17) is 5.10 Å². The first-order valence-electron chi connectivity index (χ1n) is 10.6. The van der Waals surface area contributed by atoms with Crippen LogP contribution in [0.3, 0.4) is 0 Å². The van der Waals surface area contributed by atoms with Gasteiger partial charge < -0.3 is 5.32 Å². The monoisotopic (exact) mass is 413 g/mol. The van der Waals surface area contributed by atoms with Crippen molar-refractivity contribution in [2.45, 2.75) is 38.1 Å². The van der Waals surface area contributed by atoms with Crippen LogP contribution in [0.4, 0.5) is 5.82 Å². The van der Waals surface area contributed by atoms with E-state index in [1.54, 1.807) is 10.7 Å². The number of hydrogen-bond donors (Lipinski definition) is 1. The number of rotatable bonds is 5. The fraction of sp³-hybridized carbons (Fsp3) is 0.250. The van der Waals surface area contributed by atoms with E-state index >= 15 is 0 Å². The Kier molecular flexibility index (Phi) is 5.08. The molecule has 0 saturated heterocycles. The molecule has 0 radical (unpaired) electrons. The lowest BCUT2D eigenvalue weighted by molar-refractivity contribution is -0.116. The molecule has 5 rings (SSSR count). The van der Waals surface area contributed by atoms with E-state index in [0.29, 0.717) is 22.8 Å². The zero-order chi connectivity index (χ0) is 21.2. The van der Waals surface area contributed by atoms with Crippen LogP contribution in [-0.4, -0.2) is 25.2 Å². The summed E-state index contributed by atoms with van der Waals surface area (Å²) in [6, 6.07) is 19.0. The molecule has 156 valence electrons. The van der Waals surface area contributed by atoms with Crippen LogP contribution in [-0.2, 0) is 11.3 Å². The van der Waals surface area contributed by atoms with Gasteiger partial charge in [-0.2, -0.15) is 5.10 Å². The first-order valence-corrected chi connectivity index (χ1v) is 10.6. The van der Waals surface area contributed by atoms with Gasteiger partial charge in [-0.25, -0.2) is 9.67 Å². The standard InChI is InChI=1S/C24H23N5O2/c30-23(16-28-21-13-7-6-12-19(21)25-15-24(28)31)26-22-14-20(17-8-4-5-9-17)27-29(22)18-10-2-1-3-11-18/h1-3,6-7,10-15,17H,4-5,8-9,16H2,(H,26,30). The number of hydrogen-bond acceptors (Lipinski definition) is 4. The molecule has 1 aliphatic carbocycles. The zero-order valence-corrected chi connectivity index (χ0v) is 17.1. The van der Waals surface area contributed by atoms with E-state index in [9.17, 15) is 9.59 Å². The summed E-state index contributed by atoms with van der Waals surface area (Å²) in [5.74, 6) is 0.755. The maximum absolute atomic E-state index is 13.0. The topological polar surface area (TPSA) is 81.8 Å². The minimum absolute atomic E-state index is 0.0966. The van der Waals surface area contributed by atoms with Gasteiger partial charge in [-0.3, -0.25) is 14.2 Å². The molecule has 0 atom stereocenters. The quantitative estimate of drug-likeness (QED) is 0.538. The molecule has 0 unspecified atom stereocenters. The highest BCUT2D eigenvalue weighted by molar-refractivity contribution is 5.91. The van der Waals surface area contributed by atoms with Gasteiger partial charge in [0.15, 0.2) is 0 Å². The van der Waals surface area contributed by atoms with Crippen LogP contribution in [0.2, 0.25) is 0 Å². The number of carbonyl (C=O) groups excluding carboxylic acids is 1. The van der Waals surface area contributed by atoms with Crippen molar-refractivity contribution in [2.75, 3.05) is 5.32 Å². The Labute approximate surface area is 179 Å². The van der Waals surface area contributed by atoms with Gasteiger partial charge in [-0.1, -0.05) is 43.2 Å². The van der Waals surface area contributed by atoms with Gasteiger partial charge in [0.25, 0.3) is 5.56 Å². The minimum Gasteiger partial charge on any atom is -0.309 e. The summed E-state index contributed by atoms with van der Waals surface area (Å²) in [7, 11) is 0. The fourth-order valence-electron chi connectivity index (χ4n) is 4.28. The number of fused-ring (bicyclic) bond motifs is 1. The molecule has 7 nitrogen and oxygen atoms in total. The number of nitrogens with one attached hydrogen (secondary N) is 1. The fourth-order valence-corrected chi connectivity index (χ4v) is 4.28. The number of carbonyl (C=O) groups is 1. The van der Waals surface area contributed by atoms with Gasteiger partial charge in [0.1, 0.15) is 12.4 Å². The Balaban J connectivity index is 1.46. The van der Waals surface area contributed by atoms with Gasteiger partial charge in [0, 0.05) is 12.0 Å². The third-order valence-electron chi connectivity index (χ3n) is 5.82. The minimum atomic E-state index is -0.308. The molecule has 2 aromatic carbocycles. The number of nitrogens with zero attached hydrogens (tertiary/aromatic N) is 4. The van der Waals surface area contributed by atoms with Crippen molar-refractivity contribution >= 4 is 22.8 Å². The van der Waals surface area contributed by atoms with Crippen LogP contribution in [0.5, 0.6) is 0 Å². The SMILES string of the molecule is O=C(Cn1c(=O)cnc2ccccc21)Nc1cc(C2CCCC2)nn1-c1ccccc1. The van der Waals surface area contributed by atoms with Crippen molar-refractivity contribution in [1.29, 1.82) is 0 Å². The summed E-state index contributed by atoms with van der Waals surface area (Å²) in [5.41, 5.74) is 2.88. The Morgan fingerprint density at radius 1 is 1.03 bits per heavy atom. The largest absolute Gasteiger partial charge is 0.309 e. The Morgan fingerprint density at radius 2 is 1.77 bits per heavy atom. The smallest absolute Gasteiger partial charge is 0.269 e. The first-order chi connectivity index (χ1) is 15.2. The summed E-state index contributed by atoms with van der Waals surface area (Å²) < 4.78 is 3.22. The highest BCUT2D eigenvalue weighted by Crippen LogP contribution is 2.35. The molecule has 0 spiro atoms. The normalized spacial score (nSPS) is 14.2. The number of amides is 1.